The number of carbonyl (C=O) groups is 1. The zero-order valence-corrected chi connectivity index (χ0v) is 12.1. The Balaban J connectivity index is 2.18. The first-order valence-electron chi connectivity index (χ1n) is 6.08. The number of benzene rings is 1. The maximum absolute atomic E-state index is 11.0. The van der Waals surface area contributed by atoms with Crippen LogP contribution in [-0.4, -0.2) is 36.8 Å². The molecule has 1 aliphatic heterocycles. The molecule has 0 unspecified atom stereocenters. The number of nitrogens with one attached hydrogen (secondary N) is 1. The zero-order chi connectivity index (χ0) is 14.4. The van der Waals surface area contributed by atoms with E-state index in [0.717, 1.165) is 5.56 Å². The summed E-state index contributed by atoms with van der Waals surface area (Å²) >= 11 is 1.33. The van der Waals surface area contributed by atoms with Gasteiger partial charge in [0.25, 0.3) is 0 Å². The van der Waals surface area contributed by atoms with Crippen molar-refractivity contribution in [1.82, 2.24) is 5.32 Å². The van der Waals surface area contributed by atoms with Crippen molar-refractivity contribution in [2.45, 2.75) is 6.92 Å². The van der Waals surface area contributed by atoms with Crippen LogP contribution in [-0.2, 0) is 4.79 Å². The third-order valence-corrected chi connectivity index (χ3v) is 3.31. The summed E-state index contributed by atoms with van der Waals surface area (Å²) in [7, 11) is 1.59. The van der Waals surface area contributed by atoms with Crippen LogP contribution in [0.4, 0.5) is 0 Å². The molecule has 6 nitrogen and oxygen atoms in total. The fourth-order valence-electron chi connectivity index (χ4n) is 1.62. The molecule has 1 fully saturated rings. The number of amidine groups is 1. The van der Waals surface area contributed by atoms with Crippen LogP contribution < -0.4 is 14.8 Å². The van der Waals surface area contributed by atoms with Gasteiger partial charge in [-0.15, -0.1) is 5.10 Å². The summed E-state index contributed by atoms with van der Waals surface area (Å²) in [6.45, 7) is 2.43. The van der Waals surface area contributed by atoms with Crippen molar-refractivity contribution in [2.24, 2.45) is 10.2 Å². The minimum absolute atomic E-state index is 0.0552. The third-order valence-electron chi connectivity index (χ3n) is 2.45. The fourth-order valence-corrected chi connectivity index (χ4v) is 2.25. The summed E-state index contributed by atoms with van der Waals surface area (Å²) < 4.78 is 10.8. The molecule has 0 saturated carbocycles. The summed E-state index contributed by atoms with van der Waals surface area (Å²) in [6.07, 6.45) is 1.57. The highest BCUT2D eigenvalue weighted by Gasteiger charge is 2.16. The van der Waals surface area contributed by atoms with Gasteiger partial charge in [-0.3, -0.25) is 4.79 Å². The number of hydrogen-bond donors (Lipinski definition) is 1. The number of amides is 1. The van der Waals surface area contributed by atoms with Crippen molar-refractivity contribution in [3.8, 4) is 11.5 Å². The minimum Gasteiger partial charge on any atom is -0.493 e. The lowest BCUT2D eigenvalue weighted by molar-refractivity contribution is -0.116. The normalized spacial score (nSPS) is 16.7. The van der Waals surface area contributed by atoms with Gasteiger partial charge in [-0.05, 0) is 19.1 Å². The number of para-hydroxylation sites is 1. The van der Waals surface area contributed by atoms with E-state index < -0.39 is 0 Å². The van der Waals surface area contributed by atoms with Gasteiger partial charge in [0.15, 0.2) is 16.7 Å². The highest BCUT2D eigenvalue weighted by atomic mass is 32.2. The van der Waals surface area contributed by atoms with Crippen LogP contribution in [0.1, 0.15) is 12.5 Å². The molecule has 1 N–H and O–H groups in total. The van der Waals surface area contributed by atoms with E-state index in [9.17, 15) is 4.79 Å². The van der Waals surface area contributed by atoms with E-state index in [-0.39, 0.29) is 5.91 Å². The highest BCUT2D eigenvalue weighted by molar-refractivity contribution is 8.15. The Morgan fingerprint density at radius 2 is 2.35 bits per heavy atom. The number of rotatable bonds is 5. The molecule has 1 amide bonds. The van der Waals surface area contributed by atoms with Gasteiger partial charge in [0.1, 0.15) is 0 Å². The number of nitrogens with zero attached hydrogens (tertiary/aromatic N) is 2. The summed E-state index contributed by atoms with van der Waals surface area (Å²) in [5, 5.41) is 11.0. The predicted octanol–water partition coefficient (Wildman–Crippen LogP) is 1.65. The third kappa shape index (κ3) is 3.51. The first kappa shape index (κ1) is 14.4. The second-order valence-corrected chi connectivity index (χ2v) is 4.76. The lowest BCUT2D eigenvalue weighted by atomic mass is 10.2. The van der Waals surface area contributed by atoms with Crippen LogP contribution in [0.15, 0.2) is 28.4 Å². The molecule has 1 aromatic carbocycles. The van der Waals surface area contributed by atoms with Gasteiger partial charge >= 0.3 is 0 Å². The van der Waals surface area contributed by atoms with Crippen molar-refractivity contribution < 1.29 is 14.3 Å². The summed E-state index contributed by atoms with van der Waals surface area (Å²) in [5.74, 6) is 1.61. The monoisotopic (exact) mass is 293 g/mol. The average Bonchev–Trinajstić information content (AvgIpc) is 2.86. The molecule has 1 aliphatic rings. The average molecular weight is 293 g/mol. The number of thioether (sulfide) groups is 1. The van der Waals surface area contributed by atoms with Crippen LogP contribution in [0.5, 0.6) is 11.5 Å². The molecule has 106 valence electrons. The van der Waals surface area contributed by atoms with Crippen molar-refractivity contribution in [3.63, 3.8) is 0 Å². The van der Waals surface area contributed by atoms with Gasteiger partial charge in [-0.1, -0.05) is 17.8 Å². The van der Waals surface area contributed by atoms with E-state index in [1.165, 1.54) is 11.8 Å². The first-order chi connectivity index (χ1) is 9.74. The van der Waals surface area contributed by atoms with Crippen molar-refractivity contribution in [3.05, 3.63) is 23.8 Å². The molecule has 0 aromatic heterocycles. The van der Waals surface area contributed by atoms with Gasteiger partial charge in [-0.2, -0.15) is 5.10 Å². The molecular weight excluding hydrogens is 278 g/mol. The van der Waals surface area contributed by atoms with Crippen molar-refractivity contribution >= 4 is 29.1 Å². The number of methoxy groups -OCH3 is 1. The maximum Gasteiger partial charge on any atom is 0.236 e. The second kappa shape index (κ2) is 6.95. The quantitative estimate of drug-likeness (QED) is 0.662. The molecule has 1 saturated heterocycles. The molecule has 0 atom stereocenters. The lowest BCUT2D eigenvalue weighted by Gasteiger charge is -2.11. The van der Waals surface area contributed by atoms with Gasteiger partial charge in [-0.25, -0.2) is 0 Å². The van der Waals surface area contributed by atoms with E-state index in [1.54, 1.807) is 13.3 Å². The smallest absolute Gasteiger partial charge is 0.236 e. The Hall–Kier alpha value is -2.02. The van der Waals surface area contributed by atoms with Crippen LogP contribution >= 0.6 is 11.8 Å². The zero-order valence-electron chi connectivity index (χ0n) is 11.3. The molecule has 0 spiro atoms. The maximum atomic E-state index is 11.0. The van der Waals surface area contributed by atoms with Crippen LogP contribution in [0.2, 0.25) is 0 Å². The topological polar surface area (TPSA) is 72.3 Å². The number of hydrogen-bond acceptors (Lipinski definition) is 6. The van der Waals surface area contributed by atoms with E-state index in [1.807, 2.05) is 25.1 Å². The molecule has 1 aromatic rings. The molecule has 0 bridgehead atoms. The number of carbonyl (C=O) groups excluding carboxylic acids is 1. The van der Waals surface area contributed by atoms with E-state index in [0.29, 0.717) is 29.0 Å². The van der Waals surface area contributed by atoms with Crippen LogP contribution in [0, 0.1) is 0 Å². The van der Waals surface area contributed by atoms with E-state index >= 15 is 0 Å². The van der Waals surface area contributed by atoms with Gasteiger partial charge < -0.3 is 14.8 Å². The van der Waals surface area contributed by atoms with Crippen molar-refractivity contribution in [1.29, 1.82) is 0 Å². The largest absolute Gasteiger partial charge is 0.493 e. The second-order valence-electron chi connectivity index (χ2n) is 3.80. The Bertz CT molecular complexity index is 558. The Kier molecular flexibility index (Phi) is 5.00. The number of ether oxygens (including phenoxy) is 2. The minimum atomic E-state index is -0.0552. The standard InChI is InChI=1S/C13H15N3O3S/c1-3-19-12-9(5-4-6-10(12)18-2)7-14-16-13-15-11(17)8-20-13/h4-7H,3,8H2,1-2H3,(H,15,16,17). The summed E-state index contributed by atoms with van der Waals surface area (Å²) in [5.41, 5.74) is 0.768. The molecule has 7 heteroatoms. The fraction of sp³-hybridized carbons (Fsp3) is 0.308. The van der Waals surface area contributed by atoms with E-state index in [4.69, 9.17) is 9.47 Å². The first-order valence-corrected chi connectivity index (χ1v) is 7.06. The molecule has 0 radical (unpaired) electrons. The van der Waals surface area contributed by atoms with Crippen LogP contribution in [0.3, 0.4) is 0 Å². The Morgan fingerprint density at radius 1 is 1.50 bits per heavy atom. The SMILES string of the molecule is CCOc1c(C=NN=C2NC(=O)CS2)cccc1OC. The van der Waals surface area contributed by atoms with E-state index in [2.05, 4.69) is 15.5 Å². The Morgan fingerprint density at radius 3 is 3.00 bits per heavy atom. The Labute approximate surface area is 121 Å². The van der Waals surface area contributed by atoms with Crippen molar-refractivity contribution in [2.75, 3.05) is 19.5 Å². The molecule has 1 heterocycles. The summed E-state index contributed by atoms with van der Waals surface area (Å²) in [4.78, 5) is 11.0. The molecular formula is C13H15N3O3S. The van der Waals surface area contributed by atoms with Gasteiger partial charge in [0, 0.05) is 5.56 Å². The molecule has 0 aliphatic carbocycles. The molecule has 2 rings (SSSR count). The van der Waals surface area contributed by atoms with Gasteiger partial charge in [0.05, 0.1) is 25.7 Å². The summed E-state index contributed by atoms with van der Waals surface area (Å²) in [6, 6.07) is 5.53. The highest BCUT2D eigenvalue weighted by Crippen LogP contribution is 2.30. The van der Waals surface area contributed by atoms with Gasteiger partial charge in [0.2, 0.25) is 5.91 Å². The van der Waals surface area contributed by atoms with Crippen LogP contribution in [0.25, 0.3) is 0 Å². The lowest BCUT2D eigenvalue weighted by Crippen LogP contribution is -2.19. The molecule has 20 heavy (non-hydrogen) atoms. The predicted molar refractivity (Wildman–Crippen MR) is 79.8 cm³/mol.